The van der Waals surface area contributed by atoms with Crippen LogP contribution in [0.1, 0.15) is 44.9 Å². The molecule has 2 unspecified atom stereocenters. The van der Waals surface area contributed by atoms with Gasteiger partial charge in [0.15, 0.2) is 0 Å². The smallest absolute Gasteiger partial charge is 0.132 e. The molecule has 154 valence electrons. The van der Waals surface area contributed by atoms with E-state index in [2.05, 4.69) is 11.2 Å². The third-order valence-electron chi connectivity index (χ3n) is 4.80. The summed E-state index contributed by atoms with van der Waals surface area (Å²) in [7, 11) is 0. The first-order valence-electron chi connectivity index (χ1n) is 9.82. The lowest BCUT2D eigenvalue weighted by atomic mass is 9.87. The van der Waals surface area contributed by atoms with Gasteiger partial charge >= 0.3 is 0 Å². The highest BCUT2D eigenvalue weighted by molar-refractivity contribution is 5.54. The van der Waals surface area contributed by atoms with E-state index in [0.717, 1.165) is 22.6 Å². The summed E-state index contributed by atoms with van der Waals surface area (Å²) in [6.07, 6.45) is 4.74. The van der Waals surface area contributed by atoms with Crippen LogP contribution in [0, 0.1) is 18.2 Å². The van der Waals surface area contributed by atoms with E-state index >= 15 is 0 Å². The molecule has 0 bridgehead atoms. The fraction of sp³-hybridized carbons (Fsp3) is 0.417. The minimum atomic E-state index is -0.597. The standard InChI is InChI=1S/C24H28FNO3/c1-6-12-27-23-22(28-16(2)3)20-14-19(10-11-21(20)29-24(23,4)5)26-15-17-8-7-9-18(25)13-17/h1,7-11,13-14,16,22-23,26H,12,15H2,2-5H3. The van der Waals surface area contributed by atoms with E-state index in [1.54, 1.807) is 6.07 Å². The van der Waals surface area contributed by atoms with Crippen LogP contribution in [0.25, 0.3) is 0 Å². The van der Waals surface area contributed by atoms with Gasteiger partial charge in [-0.3, -0.25) is 0 Å². The first-order valence-corrected chi connectivity index (χ1v) is 9.82. The number of anilines is 1. The summed E-state index contributed by atoms with van der Waals surface area (Å²) in [5.74, 6) is 3.04. The Hall–Kier alpha value is -2.55. The number of benzene rings is 2. The predicted molar refractivity (Wildman–Crippen MR) is 112 cm³/mol. The molecule has 0 saturated heterocycles. The number of halogens is 1. The molecular formula is C24H28FNO3. The van der Waals surface area contributed by atoms with E-state index < -0.39 is 5.60 Å². The highest BCUT2D eigenvalue weighted by Gasteiger charge is 2.46. The minimum Gasteiger partial charge on any atom is -0.485 e. The fourth-order valence-electron chi connectivity index (χ4n) is 3.56. The van der Waals surface area contributed by atoms with Crippen molar-refractivity contribution >= 4 is 5.69 Å². The van der Waals surface area contributed by atoms with Crippen LogP contribution in [0.2, 0.25) is 0 Å². The highest BCUT2D eigenvalue weighted by atomic mass is 19.1. The zero-order valence-electron chi connectivity index (χ0n) is 17.4. The number of hydrogen-bond donors (Lipinski definition) is 1. The molecule has 0 radical (unpaired) electrons. The molecule has 0 aromatic heterocycles. The number of ether oxygens (including phenoxy) is 3. The van der Waals surface area contributed by atoms with Crippen molar-refractivity contribution in [2.24, 2.45) is 0 Å². The molecule has 2 aromatic rings. The maximum atomic E-state index is 13.4. The first kappa shape index (κ1) is 21.2. The van der Waals surface area contributed by atoms with Gasteiger partial charge in [0.05, 0.1) is 6.10 Å². The molecule has 1 heterocycles. The van der Waals surface area contributed by atoms with Gasteiger partial charge in [0.1, 0.15) is 36.0 Å². The Labute approximate surface area is 172 Å². The Morgan fingerprint density at radius 3 is 2.72 bits per heavy atom. The summed E-state index contributed by atoms with van der Waals surface area (Å²) >= 11 is 0. The molecular weight excluding hydrogens is 369 g/mol. The van der Waals surface area contributed by atoms with Gasteiger partial charge in [-0.05, 0) is 63.6 Å². The zero-order chi connectivity index (χ0) is 21.0. The first-order chi connectivity index (χ1) is 13.8. The predicted octanol–water partition coefficient (Wildman–Crippen LogP) is 5.09. The fourth-order valence-corrected chi connectivity index (χ4v) is 3.56. The van der Waals surface area contributed by atoms with Crippen molar-refractivity contribution in [2.75, 3.05) is 11.9 Å². The van der Waals surface area contributed by atoms with E-state index in [1.165, 1.54) is 12.1 Å². The van der Waals surface area contributed by atoms with Gasteiger partial charge in [-0.15, -0.1) is 6.42 Å². The van der Waals surface area contributed by atoms with Gasteiger partial charge in [0.25, 0.3) is 0 Å². The molecule has 29 heavy (non-hydrogen) atoms. The summed E-state index contributed by atoms with van der Waals surface area (Å²) in [5.41, 5.74) is 2.07. The van der Waals surface area contributed by atoms with E-state index in [9.17, 15) is 4.39 Å². The lowest BCUT2D eigenvalue weighted by Crippen LogP contribution is -2.51. The number of hydrogen-bond acceptors (Lipinski definition) is 4. The second-order valence-corrected chi connectivity index (χ2v) is 7.98. The SMILES string of the molecule is C#CCOC1C(OC(C)C)c2cc(NCc3cccc(F)c3)ccc2OC1(C)C. The number of nitrogens with one attached hydrogen (secondary N) is 1. The van der Waals surface area contributed by atoms with Crippen LogP contribution in [0.15, 0.2) is 42.5 Å². The summed E-state index contributed by atoms with van der Waals surface area (Å²) < 4.78 is 31.8. The van der Waals surface area contributed by atoms with Crippen LogP contribution in [-0.4, -0.2) is 24.4 Å². The van der Waals surface area contributed by atoms with E-state index in [1.807, 2.05) is 52.0 Å². The topological polar surface area (TPSA) is 39.7 Å². The number of fused-ring (bicyclic) bond motifs is 1. The van der Waals surface area contributed by atoms with Crippen LogP contribution in [0.5, 0.6) is 5.75 Å². The molecule has 1 aliphatic rings. The molecule has 1 N–H and O–H groups in total. The summed E-state index contributed by atoms with van der Waals surface area (Å²) in [4.78, 5) is 0. The maximum absolute atomic E-state index is 13.4. The summed E-state index contributed by atoms with van der Waals surface area (Å²) in [6.45, 7) is 8.63. The Bertz CT molecular complexity index is 888. The molecule has 0 spiro atoms. The van der Waals surface area contributed by atoms with E-state index in [4.69, 9.17) is 20.6 Å². The van der Waals surface area contributed by atoms with Gasteiger partial charge in [-0.25, -0.2) is 4.39 Å². The average molecular weight is 397 g/mol. The lowest BCUT2D eigenvalue weighted by Gasteiger charge is -2.44. The largest absolute Gasteiger partial charge is 0.485 e. The van der Waals surface area contributed by atoms with Crippen LogP contribution < -0.4 is 10.1 Å². The number of rotatable bonds is 7. The summed E-state index contributed by atoms with van der Waals surface area (Å²) in [5, 5.41) is 3.34. The van der Waals surface area contributed by atoms with Gasteiger partial charge in [0, 0.05) is 17.8 Å². The lowest BCUT2D eigenvalue weighted by molar-refractivity contribution is -0.167. The summed E-state index contributed by atoms with van der Waals surface area (Å²) in [6, 6.07) is 12.4. The quantitative estimate of drug-likeness (QED) is 0.661. The van der Waals surface area contributed by atoms with Gasteiger partial charge in [0.2, 0.25) is 0 Å². The Morgan fingerprint density at radius 1 is 1.24 bits per heavy atom. The Balaban J connectivity index is 1.88. The monoisotopic (exact) mass is 397 g/mol. The molecule has 0 aliphatic carbocycles. The molecule has 3 rings (SSSR count). The van der Waals surface area contributed by atoms with Crippen LogP contribution in [0.4, 0.5) is 10.1 Å². The second-order valence-electron chi connectivity index (χ2n) is 7.98. The van der Waals surface area contributed by atoms with Crippen LogP contribution in [0.3, 0.4) is 0 Å². The molecule has 2 atom stereocenters. The maximum Gasteiger partial charge on any atom is 0.132 e. The van der Waals surface area contributed by atoms with Crippen LogP contribution in [-0.2, 0) is 16.0 Å². The van der Waals surface area contributed by atoms with Gasteiger partial charge < -0.3 is 19.5 Å². The highest BCUT2D eigenvalue weighted by Crippen LogP contribution is 2.44. The normalized spacial score (nSPS) is 19.9. The Kier molecular flexibility index (Phi) is 6.46. The van der Waals surface area contributed by atoms with Crippen LogP contribution >= 0.6 is 0 Å². The number of terminal acetylenes is 1. The molecule has 2 aromatic carbocycles. The van der Waals surface area contributed by atoms with Crippen molar-refractivity contribution in [2.45, 2.75) is 58.2 Å². The van der Waals surface area contributed by atoms with Gasteiger partial charge in [-0.1, -0.05) is 18.1 Å². The van der Waals surface area contributed by atoms with Crippen molar-refractivity contribution in [1.29, 1.82) is 0 Å². The molecule has 0 saturated carbocycles. The minimum absolute atomic E-state index is 0.00240. The molecule has 4 nitrogen and oxygen atoms in total. The molecule has 1 aliphatic heterocycles. The molecule has 0 amide bonds. The zero-order valence-corrected chi connectivity index (χ0v) is 17.4. The van der Waals surface area contributed by atoms with Crippen molar-refractivity contribution in [3.05, 3.63) is 59.4 Å². The third kappa shape index (κ3) is 5.09. The van der Waals surface area contributed by atoms with Crippen molar-refractivity contribution in [1.82, 2.24) is 0 Å². The van der Waals surface area contributed by atoms with E-state index in [-0.39, 0.29) is 30.7 Å². The second kappa shape index (κ2) is 8.86. The molecule has 0 fully saturated rings. The van der Waals surface area contributed by atoms with Crippen molar-refractivity contribution < 1.29 is 18.6 Å². The van der Waals surface area contributed by atoms with Crippen molar-refractivity contribution in [3.63, 3.8) is 0 Å². The Morgan fingerprint density at radius 2 is 2.03 bits per heavy atom. The van der Waals surface area contributed by atoms with E-state index in [0.29, 0.717) is 6.54 Å². The van der Waals surface area contributed by atoms with Gasteiger partial charge in [-0.2, -0.15) is 0 Å². The molecule has 5 heteroatoms. The average Bonchev–Trinajstić information content (AvgIpc) is 2.65. The van der Waals surface area contributed by atoms with Crippen molar-refractivity contribution in [3.8, 4) is 18.1 Å². The third-order valence-corrected chi connectivity index (χ3v) is 4.80.